The maximum Gasteiger partial charge on any atom is 0.326 e. The smallest absolute Gasteiger partial charge is 0.326 e. The van der Waals surface area contributed by atoms with Gasteiger partial charge in [-0.2, -0.15) is 0 Å². The Morgan fingerprint density at radius 2 is 1.54 bits per heavy atom. The van der Waals surface area contributed by atoms with Gasteiger partial charge >= 0.3 is 5.97 Å². The third kappa shape index (κ3) is 7.19. The Kier molecular flexibility index (Phi) is 8.97. The van der Waals surface area contributed by atoms with Gasteiger partial charge in [-0.15, -0.1) is 0 Å². The summed E-state index contributed by atoms with van der Waals surface area (Å²) in [6.07, 6.45) is 0.0172. The topological polar surface area (TPSA) is 113 Å². The number of rotatable bonds is 9. The van der Waals surface area contributed by atoms with Crippen molar-refractivity contribution >= 4 is 66.7 Å². The van der Waals surface area contributed by atoms with Gasteiger partial charge in [-0.25, -0.2) is 13.2 Å². The number of hydrogen-bond donors (Lipinski definition) is 3. The normalized spacial score (nSPS) is 12.0. The molecule has 4 aromatic rings. The second kappa shape index (κ2) is 12.2. The van der Waals surface area contributed by atoms with E-state index < -0.39 is 27.9 Å². The van der Waals surface area contributed by atoms with E-state index in [2.05, 4.69) is 26.0 Å². The summed E-state index contributed by atoms with van der Waals surface area (Å²) in [6.45, 7) is 0. The van der Waals surface area contributed by atoms with Crippen molar-refractivity contribution in [3.63, 3.8) is 0 Å². The van der Waals surface area contributed by atoms with Crippen LogP contribution in [0.4, 0.5) is 5.69 Å². The van der Waals surface area contributed by atoms with Crippen molar-refractivity contribution in [1.29, 1.82) is 0 Å². The molecule has 0 aromatic heterocycles. The molecule has 0 heterocycles. The molecule has 7 nitrogen and oxygen atoms in total. The fourth-order valence-electron chi connectivity index (χ4n) is 3.81. The van der Waals surface area contributed by atoms with Crippen LogP contribution in [0.2, 0.25) is 10.0 Å². The van der Waals surface area contributed by atoms with E-state index >= 15 is 0 Å². The number of carboxylic acid groups (broad SMARTS) is 1. The summed E-state index contributed by atoms with van der Waals surface area (Å²) in [6, 6.07) is 24.1. The second-order valence-electron chi connectivity index (χ2n) is 8.50. The maximum atomic E-state index is 13.2. The van der Waals surface area contributed by atoms with Crippen LogP contribution in [0, 0.1) is 0 Å². The summed E-state index contributed by atoms with van der Waals surface area (Å²) < 4.78 is 28.9. The van der Waals surface area contributed by atoms with E-state index in [0.717, 1.165) is 11.1 Å². The van der Waals surface area contributed by atoms with E-state index in [-0.39, 0.29) is 32.6 Å². The molecule has 4 rings (SSSR count). The molecule has 4 aromatic carbocycles. The van der Waals surface area contributed by atoms with Crippen LogP contribution in [0.15, 0.2) is 100 Å². The van der Waals surface area contributed by atoms with E-state index in [1.54, 1.807) is 12.1 Å². The molecular weight excluding hydrogens is 627 g/mol. The molecule has 200 valence electrons. The fourth-order valence-corrected chi connectivity index (χ4v) is 6.02. The first-order valence-corrected chi connectivity index (χ1v) is 14.5. The standard InChI is InChI=1S/C28H21BrCl2N2O5S/c29-20-10-13-24(33-39(37,38)26-16-21(30)11-12-23(26)31)22(15-20)27(34)32-25(28(35)36)14-17-6-8-19(9-7-17)18-4-2-1-3-5-18/h1-13,15-16,25,33H,14H2,(H,32,34)(H,35,36)/t25-/m0/s1. The lowest BCUT2D eigenvalue weighted by Crippen LogP contribution is -2.42. The number of carboxylic acids is 1. The van der Waals surface area contributed by atoms with E-state index in [0.29, 0.717) is 10.0 Å². The van der Waals surface area contributed by atoms with Gasteiger partial charge in [0.05, 0.1) is 16.3 Å². The van der Waals surface area contributed by atoms with Crippen LogP contribution in [0.25, 0.3) is 11.1 Å². The highest BCUT2D eigenvalue weighted by molar-refractivity contribution is 9.10. The van der Waals surface area contributed by atoms with Gasteiger partial charge in [-0.3, -0.25) is 9.52 Å². The molecule has 0 bridgehead atoms. The Labute approximate surface area is 244 Å². The van der Waals surface area contributed by atoms with Crippen LogP contribution < -0.4 is 10.0 Å². The van der Waals surface area contributed by atoms with Crippen molar-refractivity contribution < 1.29 is 23.1 Å². The summed E-state index contributed by atoms with van der Waals surface area (Å²) in [4.78, 5) is 25.0. The molecule has 39 heavy (non-hydrogen) atoms. The zero-order valence-electron chi connectivity index (χ0n) is 20.1. The number of amides is 1. The Bertz CT molecular complexity index is 1630. The quantitative estimate of drug-likeness (QED) is 0.188. The Morgan fingerprint density at radius 3 is 2.21 bits per heavy atom. The van der Waals surface area contributed by atoms with E-state index in [1.807, 2.05) is 42.5 Å². The molecule has 0 aliphatic heterocycles. The molecule has 11 heteroatoms. The number of halogens is 3. The van der Waals surface area contributed by atoms with E-state index in [1.165, 1.54) is 36.4 Å². The number of nitrogens with one attached hydrogen (secondary N) is 2. The number of anilines is 1. The third-order valence-electron chi connectivity index (χ3n) is 5.76. The maximum absolute atomic E-state index is 13.2. The largest absolute Gasteiger partial charge is 0.480 e. The first kappa shape index (κ1) is 28.6. The molecule has 3 N–H and O–H groups in total. The third-order valence-corrected chi connectivity index (χ3v) is 8.33. The molecule has 0 aliphatic rings. The van der Waals surface area contributed by atoms with Crippen LogP contribution in [0.5, 0.6) is 0 Å². The van der Waals surface area contributed by atoms with Crippen LogP contribution in [0.1, 0.15) is 15.9 Å². The van der Waals surface area contributed by atoms with Gasteiger partial charge in [-0.1, -0.05) is 93.7 Å². The van der Waals surface area contributed by atoms with Crippen LogP contribution in [0.3, 0.4) is 0 Å². The lowest BCUT2D eigenvalue weighted by Gasteiger charge is -2.18. The lowest BCUT2D eigenvalue weighted by molar-refractivity contribution is -0.139. The lowest BCUT2D eigenvalue weighted by atomic mass is 10.0. The van der Waals surface area contributed by atoms with Gasteiger partial charge in [0.25, 0.3) is 15.9 Å². The SMILES string of the molecule is O=C(N[C@@H](Cc1ccc(-c2ccccc2)cc1)C(=O)O)c1cc(Br)ccc1NS(=O)(=O)c1cc(Cl)ccc1Cl. The average molecular weight is 648 g/mol. The number of sulfonamides is 1. The molecule has 0 fully saturated rings. The van der Waals surface area contributed by atoms with Gasteiger partial charge in [0.2, 0.25) is 0 Å². The molecule has 0 saturated carbocycles. The van der Waals surface area contributed by atoms with Crippen molar-refractivity contribution in [2.24, 2.45) is 0 Å². The molecule has 0 aliphatic carbocycles. The average Bonchev–Trinajstić information content (AvgIpc) is 2.91. The first-order valence-electron chi connectivity index (χ1n) is 11.5. The Morgan fingerprint density at radius 1 is 0.872 bits per heavy atom. The highest BCUT2D eigenvalue weighted by Gasteiger charge is 2.25. The number of aliphatic carboxylic acids is 1. The molecule has 1 atom stereocenters. The predicted octanol–water partition coefficient (Wildman–Crippen LogP) is 6.65. The number of carbonyl (C=O) groups excluding carboxylic acids is 1. The summed E-state index contributed by atoms with van der Waals surface area (Å²) in [7, 11) is -4.23. The highest BCUT2D eigenvalue weighted by Crippen LogP contribution is 2.29. The van der Waals surface area contributed by atoms with Crippen LogP contribution in [-0.2, 0) is 21.2 Å². The summed E-state index contributed by atoms with van der Waals surface area (Å²) >= 11 is 15.3. The molecule has 0 unspecified atom stereocenters. The van der Waals surface area contributed by atoms with E-state index in [9.17, 15) is 23.1 Å². The van der Waals surface area contributed by atoms with Crippen LogP contribution in [-0.4, -0.2) is 31.4 Å². The molecular formula is C28H21BrCl2N2O5S. The second-order valence-corrected chi connectivity index (χ2v) is 11.9. The minimum Gasteiger partial charge on any atom is -0.480 e. The van der Waals surface area contributed by atoms with Gasteiger partial charge in [0, 0.05) is 15.9 Å². The predicted molar refractivity (Wildman–Crippen MR) is 156 cm³/mol. The van der Waals surface area contributed by atoms with Crippen molar-refractivity contribution in [2.75, 3.05) is 4.72 Å². The summed E-state index contributed by atoms with van der Waals surface area (Å²) in [5, 5.41) is 12.4. The van der Waals surface area contributed by atoms with Crippen LogP contribution >= 0.6 is 39.1 Å². The number of carbonyl (C=O) groups is 2. The molecule has 0 radical (unpaired) electrons. The van der Waals surface area contributed by atoms with Gasteiger partial charge in [0.15, 0.2) is 0 Å². The minimum atomic E-state index is -4.23. The highest BCUT2D eigenvalue weighted by atomic mass is 79.9. The Balaban J connectivity index is 1.55. The zero-order valence-corrected chi connectivity index (χ0v) is 24.0. The van der Waals surface area contributed by atoms with Gasteiger partial charge in [-0.05, 0) is 53.1 Å². The number of hydrogen-bond acceptors (Lipinski definition) is 4. The molecule has 1 amide bonds. The van der Waals surface area contributed by atoms with Crippen molar-refractivity contribution in [3.05, 3.63) is 117 Å². The molecule has 0 spiro atoms. The van der Waals surface area contributed by atoms with E-state index in [4.69, 9.17) is 23.2 Å². The summed E-state index contributed by atoms with van der Waals surface area (Å²) in [5.74, 6) is -2.02. The van der Waals surface area contributed by atoms with Gasteiger partial charge < -0.3 is 10.4 Å². The van der Waals surface area contributed by atoms with Crippen molar-refractivity contribution in [1.82, 2.24) is 5.32 Å². The fraction of sp³-hybridized carbons (Fsp3) is 0.0714. The first-order chi connectivity index (χ1) is 18.5. The van der Waals surface area contributed by atoms with Gasteiger partial charge in [0.1, 0.15) is 10.9 Å². The Hall–Kier alpha value is -3.37. The van der Waals surface area contributed by atoms with Crippen molar-refractivity contribution in [2.45, 2.75) is 17.4 Å². The number of benzene rings is 4. The monoisotopic (exact) mass is 646 g/mol. The summed E-state index contributed by atoms with van der Waals surface area (Å²) in [5.41, 5.74) is 2.55. The minimum absolute atomic E-state index is 0.0172. The van der Waals surface area contributed by atoms with Crippen molar-refractivity contribution in [3.8, 4) is 11.1 Å². The molecule has 0 saturated heterocycles. The zero-order chi connectivity index (χ0) is 28.2.